The van der Waals surface area contributed by atoms with Crippen LogP contribution < -0.4 is 29.6 Å². The summed E-state index contributed by atoms with van der Waals surface area (Å²) in [6.45, 7) is 2.23. The molecular formula is C19H25NaO3S. The van der Waals surface area contributed by atoms with E-state index in [9.17, 15) is 13.0 Å². The summed E-state index contributed by atoms with van der Waals surface area (Å²) >= 11 is 0. The Bertz CT molecular complexity index is 741. The summed E-state index contributed by atoms with van der Waals surface area (Å²) in [4.78, 5) is -0.155. The Labute approximate surface area is 167 Å². The predicted octanol–water partition coefficient (Wildman–Crippen LogP) is 2.04. The summed E-state index contributed by atoms with van der Waals surface area (Å²) in [6.07, 6.45) is 9.90. The van der Waals surface area contributed by atoms with E-state index < -0.39 is 10.1 Å². The van der Waals surface area contributed by atoms with Gasteiger partial charge in [0.2, 0.25) is 0 Å². The summed E-state index contributed by atoms with van der Waals surface area (Å²) in [5, 5.41) is 1.87. The second-order valence-corrected chi connectivity index (χ2v) is 7.51. The van der Waals surface area contributed by atoms with Crippen molar-refractivity contribution in [3.63, 3.8) is 0 Å². The third kappa shape index (κ3) is 6.49. The molecule has 2 aromatic carbocycles. The van der Waals surface area contributed by atoms with E-state index in [2.05, 4.69) is 13.0 Å². The van der Waals surface area contributed by atoms with Crippen LogP contribution in [0.2, 0.25) is 0 Å². The second-order valence-electron chi connectivity index (χ2n) is 6.13. The van der Waals surface area contributed by atoms with Crippen LogP contribution in [0, 0.1) is 0 Å². The van der Waals surface area contributed by atoms with Gasteiger partial charge in [0.1, 0.15) is 10.1 Å². The summed E-state index contributed by atoms with van der Waals surface area (Å²) in [7, 11) is -4.39. The van der Waals surface area contributed by atoms with Crippen LogP contribution in [-0.4, -0.2) is 13.0 Å². The molecular weight excluding hydrogens is 331 g/mol. The fourth-order valence-corrected chi connectivity index (χ4v) is 3.48. The first-order valence-electron chi connectivity index (χ1n) is 8.50. The molecule has 0 atom stereocenters. The number of rotatable bonds is 9. The van der Waals surface area contributed by atoms with Crippen molar-refractivity contribution in [2.45, 2.75) is 63.2 Å². The maximum Gasteiger partial charge on any atom is 1.00 e. The maximum absolute atomic E-state index is 11.1. The molecule has 0 radical (unpaired) electrons. The van der Waals surface area contributed by atoms with Crippen LogP contribution in [-0.2, 0) is 16.5 Å². The van der Waals surface area contributed by atoms with Crippen molar-refractivity contribution in [3.05, 3.63) is 42.0 Å². The minimum absolute atomic E-state index is 0. The summed E-state index contributed by atoms with van der Waals surface area (Å²) in [5.41, 5.74) is 1.23. The van der Waals surface area contributed by atoms with Crippen molar-refractivity contribution in [1.82, 2.24) is 0 Å². The van der Waals surface area contributed by atoms with Crippen LogP contribution in [0.15, 0.2) is 41.3 Å². The maximum atomic E-state index is 11.1. The van der Waals surface area contributed by atoms with Crippen molar-refractivity contribution >= 4 is 20.9 Å². The van der Waals surface area contributed by atoms with Crippen LogP contribution in [0.5, 0.6) is 0 Å². The van der Waals surface area contributed by atoms with E-state index >= 15 is 0 Å². The number of aryl methyl sites for hydroxylation is 1. The Hall–Kier alpha value is -0.390. The van der Waals surface area contributed by atoms with E-state index in [0.29, 0.717) is 0 Å². The van der Waals surface area contributed by atoms with Gasteiger partial charge in [-0.05, 0) is 41.3 Å². The van der Waals surface area contributed by atoms with Gasteiger partial charge in [0.25, 0.3) is 0 Å². The number of benzene rings is 2. The van der Waals surface area contributed by atoms with Crippen LogP contribution in [0.1, 0.15) is 57.4 Å². The third-order valence-electron chi connectivity index (χ3n) is 4.28. The molecule has 0 aliphatic rings. The number of fused-ring (bicyclic) bond motifs is 1. The molecule has 0 unspecified atom stereocenters. The SMILES string of the molecule is CCCCCCCCCc1cccc2cc(S(=O)(=O)[O-])ccc12.[Na+]. The number of hydrogen-bond donors (Lipinski definition) is 0. The molecule has 0 saturated carbocycles. The zero-order valence-corrected chi connectivity index (χ0v) is 17.6. The van der Waals surface area contributed by atoms with Crippen molar-refractivity contribution in [1.29, 1.82) is 0 Å². The van der Waals surface area contributed by atoms with Gasteiger partial charge in [0, 0.05) is 0 Å². The minimum Gasteiger partial charge on any atom is -0.744 e. The molecule has 0 bridgehead atoms. The number of unbranched alkanes of at least 4 members (excludes halogenated alkanes) is 6. The first-order valence-corrected chi connectivity index (χ1v) is 9.91. The molecule has 0 N–H and O–H groups in total. The van der Waals surface area contributed by atoms with E-state index in [1.54, 1.807) is 6.07 Å². The van der Waals surface area contributed by atoms with Crippen LogP contribution in [0.4, 0.5) is 0 Å². The zero-order chi connectivity index (χ0) is 16.7. The van der Waals surface area contributed by atoms with Gasteiger partial charge in [0.05, 0.1) is 4.90 Å². The van der Waals surface area contributed by atoms with Crippen LogP contribution in [0.3, 0.4) is 0 Å². The summed E-state index contributed by atoms with van der Waals surface area (Å²) < 4.78 is 33.4. The van der Waals surface area contributed by atoms with E-state index in [0.717, 1.165) is 23.6 Å². The first-order chi connectivity index (χ1) is 11.0. The van der Waals surface area contributed by atoms with E-state index in [1.165, 1.54) is 56.2 Å². The summed E-state index contributed by atoms with van der Waals surface area (Å²) in [6, 6.07) is 10.5. The minimum atomic E-state index is -4.39. The Morgan fingerprint density at radius 3 is 2.25 bits per heavy atom. The Morgan fingerprint density at radius 1 is 0.917 bits per heavy atom. The average molecular weight is 356 g/mol. The predicted molar refractivity (Wildman–Crippen MR) is 93.6 cm³/mol. The molecule has 2 aromatic rings. The molecule has 126 valence electrons. The molecule has 0 spiro atoms. The average Bonchev–Trinajstić information content (AvgIpc) is 2.52. The van der Waals surface area contributed by atoms with E-state index in [4.69, 9.17) is 0 Å². The number of hydrogen-bond acceptors (Lipinski definition) is 3. The Morgan fingerprint density at radius 2 is 1.58 bits per heavy atom. The van der Waals surface area contributed by atoms with Gasteiger partial charge in [-0.1, -0.05) is 69.7 Å². The van der Waals surface area contributed by atoms with Gasteiger partial charge in [-0.2, -0.15) is 0 Å². The van der Waals surface area contributed by atoms with Crippen LogP contribution in [0.25, 0.3) is 10.8 Å². The largest absolute Gasteiger partial charge is 1.00 e. The Balaban J connectivity index is 0.00000288. The summed E-state index contributed by atoms with van der Waals surface area (Å²) in [5.74, 6) is 0. The Kier molecular flexibility index (Phi) is 9.53. The molecule has 0 amide bonds. The van der Waals surface area contributed by atoms with Crippen molar-refractivity contribution < 1.29 is 42.5 Å². The second kappa shape index (κ2) is 10.6. The van der Waals surface area contributed by atoms with Gasteiger partial charge >= 0.3 is 29.6 Å². The van der Waals surface area contributed by atoms with E-state index in [1.807, 2.05) is 12.1 Å². The standard InChI is InChI=1S/C19H26O3S.Na/c1-2-3-4-5-6-7-8-10-16-11-9-12-17-15-18(23(20,21)22)13-14-19(16)17;/h9,11-15H,2-8,10H2,1H3,(H,20,21,22);/q;+1/p-1. The third-order valence-corrected chi connectivity index (χ3v) is 5.11. The molecule has 24 heavy (non-hydrogen) atoms. The van der Waals surface area contributed by atoms with Crippen LogP contribution >= 0.6 is 0 Å². The molecule has 0 aliphatic heterocycles. The van der Waals surface area contributed by atoms with Gasteiger partial charge in [-0.15, -0.1) is 0 Å². The molecule has 3 nitrogen and oxygen atoms in total. The monoisotopic (exact) mass is 356 g/mol. The molecule has 0 aromatic heterocycles. The molecule has 0 saturated heterocycles. The molecule has 0 fully saturated rings. The van der Waals surface area contributed by atoms with Gasteiger partial charge < -0.3 is 4.55 Å². The molecule has 2 rings (SSSR count). The fourth-order valence-electron chi connectivity index (χ4n) is 2.97. The normalized spacial score (nSPS) is 11.4. The van der Waals surface area contributed by atoms with Gasteiger partial charge in [-0.25, -0.2) is 8.42 Å². The fraction of sp³-hybridized carbons (Fsp3) is 0.474. The molecule has 5 heteroatoms. The molecule has 0 heterocycles. The quantitative estimate of drug-likeness (QED) is 0.392. The smallest absolute Gasteiger partial charge is 0.744 e. The first kappa shape index (κ1) is 21.7. The molecule has 0 aliphatic carbocycles. The van der Waals surface area contributed by atoms with E-state index in [-0.39, 0.29) is 34.5 Å². The topological polar surface area (TPSA) is 57.2 Å². The van der Waals surface area contributed by atoms with Gasteiger partial charge in [0.15, 0.2) is 0 Å². The van der Waals surface area contributed by atoms with Gasteiger partial charge in [-0.3, -0.25) is 0 Å². The zero-order valence-electron chi connectivity index (χ0n) is 14.8. The van der Waals surface area contributed by atoms with Crippen molar-refractivity contribution in [3.8, 4) is 0 Å². The van der Waals surface area contributed by atoms with Crippen molar-refractivity contribution in [2.24, 2.45) is 0 Å². The van der Waals surface area contributed by atoms with Crippen molar-refractivity contribution in [2.75, 3.05) is 0 Å².